The Kier molecular flexibility index (Phi) is 18.5. The molecule has 2 fully saturated rings. The summed E-state index contributed by atoms with van der Waals surface area (Å²) in [7, 11) is 0. The van der Waals surface area contributed by atoms with Gasteiger partial charge in [0, 0.05) is 19.0 Å². The maximum atomic E-state index is 14.3. The van der Waals surface area contributed by atoms with Gasteiger partial charge in [-0.2, -0.15) is 8.78 Å². The van der Waals surface area contributed by atoms with Crippen LogP contribution in [0.5, 0.6) is 5.75 Å². The minimum atomic E-state index is -4.89. The average Bonchev–Trinajstić information content (AvgIpc) is 3.79. The van der Waals surface area contributed by atoms with Crippen molar-refractivity contribution in [2.75, 3.05) is 6.54 Å². The first kappa shape index (κ1) is 48.5. The Bertz CT molecular complexity index is 1630. The number of unbranched alkanes of at least 4 members (excludes halogenated alkanes) is 1. The molecule has 1 unspecified atom stereocenters. The van der Waals surface area contributed by atoms with E-state index >= 15 is 0 Å². The molecule has 1 saturated carbocycles. The number of likely N-dealkylation sites (tertiary alicyclic amines) is 1. The quantitative estimate of drug-likeness (QED) is 0.0963. The van der Waals surface area contributed by atoms with Crippen LogP contribution >= 0.6 is 0 Å². The zero-order valence-corrected chi connectivity index (χ0v) is 32.4. The molecular weight excluding hydrogens is 736 g/mol. The number of rotatable bonds is 12. The van der Waals surface area contributed by atoms with E-state index in [1.807, 2.05) is 20.8 Å². The van der Waals surface area contributed by atoms with Crippen LogP contribution in [0.3, 0.4) is 0 Å². The van der Waals surface area contributed by atoms with Crippen LogP contribution in [0.4, 0.5) is 31.1 Å². The summed E-state index contributed by atoms with van der Waals surface area (Å²) in [5.41, 5.74) is 2.66. The van der Waals surface area contributed by atoms with Crippen molar-refractivity contribution in [1.29, 1.82) is 0 Å². The zero-order chi connectivity index (χ0) is 42.5. The van der Waals surface area contributed by atoms with Gasteiger partial charge in [0.15, 0.2) is 5.69 Å². The van der Waals surface area contributed by atoms with Crippen LogP contribution in [0.1, 0.15) is 106 Å². The number of amides is 3. The van der Waals surface area contributed by atoms with Gasteiger partial charge in [0.25, 0.3) is 11.5 Å². The van der Waals surface area contributed by atoms with Crippen LogP contribution < -0.4 is 21.3 Å². The molecule has 1 aromatic carbocycles. The number of nitrogens with one attached hydrogen (secondary N) is 2. The maximum absolute atomic E-state index is 14.3. The molecule has 2 heterocycles. The summed E-state index contributed by atoms with van der Waals surface area (Å²) in [5.74, 6) is -4.00. The lowest BCUT2D eigenvalue weighted by atomic mass is 9.85. The Morgan fingerprint density at radius 3 is 2.11 bits per heavy atom. The fourth-order valence-corrected chi connectivity index (χ4v) is 5.67. The van der Waals surface area contributed by atoms with Crippen molar-refractivity contribution in [3.63, 3.8) is 0 Å². The normalized spacial score (nSPS) is 18.1. The molecule has 1 aliphatic heterocycles. The second-order valence-corrected chi connectivity index (χ2v) is 15.0. The van der Waals surface area contributed by atoms with Crippen LogP contribution in [-0.4, -0.2) is 69.0 Å². The smallest absolute Gasteiger partial charge is 0.465 e. The highest BCUT2D eigenvalue weighted by Gasteiger charge is 2.45. The van der Waals surface area contributed by atoms with Crippen molar-refractivity contribution in [1.82, 2.24) is 20.2 Å². The molecule has 4 atom stereocenters. The number of aromatic nitrogens is 2. The Hall–Kier alpha value is -4.49. The minimum Gasteiger partial charge on any atom is -0.465 e. The zero-order valence-electron chi connectivity index (χ0n) is 32.4. The topological polar surface area (TPSA) is 168 Å². The first-order valence-electron chi connectivity index (χ1n) is 18.1. The third kappa shape index (κ3) is 16.0. The minimum absolute atomic E-state index is 0.0354. The largest absolute Gasteiger partial charge is 0.573 e. The molecule has 0 spiro atoms. The molecule has 1 aromatic heterocycles. The summed E-state index contributed by atoms with van der Waals surface area (Å²) >= 11 is 0. The number of carbonyl (C=O) groups excluding carboxylic acids is 2. The van der Waals surface area contributed by atoms with Crippen molar-refractivity contribution < 1.29 is 50.6 Å². The highest BCUT2D eigenvalue weighted by atomic mass is 19.4. The molecule has 1 aliphatic carbocycles. The van der Waals surface area contributed by atoms with Crippen LogP contribution in [-0.2, 0) is 15.5 Å². The number of primary amides is 1. The van der Waals surface area contributed by atoms with Crippen LogP contribution in [0.25, 0.3) is 11.0 Å². The van der Waals surface area contributed by atoms with Crippen molar-refractivity contribution >= 4 is 28.9 Å². The number of alkyl halides is 6. The summed E-state index contributed by atoms with van der Waals surface area (Å²) in [6.07, 6.45) is 6.35. The molecule has 0 bridgehead atoms. The second-order valence-electron chi connectivity index (χ2n) is 15.0. The van der Waals surface area contributed by atoms with Gasteiger partial charge in [0.1, 0.15) is 17.8 Å². The van der Waals surface area contributed by atoms with E-state index in [1.165, 1.54) is 4.90 Å². The van der Waals surface area contributed by atoms with Gasteiger partial charge in [0.05, 0.1) is 17.2 Å². The highest BCUT2D eigenvalue weighted by molar-refractivity contribution is 5.91. The van der Waals surface area contributed by atoms with Crippen LogP contribution in [0.15, 0.2) is 23.0 Å². The Morgan fingerprint density at radius 1 is 1.07 bits per heavy atom. The number of terminal acetylenes is 1. The van der Waals surface area contributed by atoms with Gasteiger partial charge in [-0.15, -0.1) is 26.0 Å². The van der Waals surface area contributed by atoms with Gasteiger partial charge in [-0.3, -0.25) is 14.4 Å². The molecule has 17 heteroatoms. The van der Waals surface area contributed by atoms with Gasteiger partial charge in [-0.05, 0) is 55.1 Å². The first-order chi connectivity index (χ1) is 25.4. The van der Waals surface area contributed by atoms with Gasteiger partial charge >= 0.3 is 12.5 Å². The highest BCUT2D eigenvalue weighted by Crippen LogP contribution is 2.36. The number of carbonyl (C=O) groups is 3. The standard InChI is InChI=1S/C17H17F5N2O2.C14H25N3O4.C5H11F.C2H2/c18-16(19,8-2-1-3-10-4-5-10)14-15(25)24-13-9-11(26-17(20,21)22)6-7-12(13)23-14;1-5-8-6-7-17(9(8)11(15)18)12(19)10(14(2,3)4)16-13(20)21;1-4(2)5(3)6;1-2/h6-7,9-10H,1-5,8H2,(H,24,25);8-10,16H,5-7H2,1-4H3,(H2,15,18)(H,20,21);4-5H,1-3H3;1-2H/t;8-,9+,10-;;/m.1../s1. The van der Waals surface area contributed by atoms with E-state index in [-0.39, 0.29) is 35.2 Å². The molecule has 4 rings (SSSR count). The number of nitrogens with two attached hydrogens (primary N) is 1. The molecule has 5 N–H and O–H groups in total. The summed E-state index contributed by atoms with van der Waals surface area (Å²) in [5, 5.41) is 11.2. The number of halogens is 6. The lowest BCUT2D eigenvalue weighted by Crippen LogP contribution is -2.57. The summed E-state index contributed by atoms with van der Waals surface area (Å²) in [4.78, 5) is 54.5. The van der Waals surface area contributed by atoms with Crippen LogP contribution in [0, 0.1) is 36.0 Å². The third-order valence-electron chi connectivity index (χ3n) is 9.22. The molecule has 310 valence electrons. The molecule has 3 amide bonds. The number of benzene rings is 1. The Morgan fingerprint density at radius 2 is 1.65 bits per heavy atom. The number of nitrogens with zero attached hydrogens (tertiary/aromatic N) is 2. The predicted octanol–water partition coefficient (Wildman–Crippen LogP) is 7.91. The fourth-order valence-electron chi connectivity index (χ4n) is 5.67. The average molecular weight is 792 g/mol. The second kappa shape index (κ2) is 21.0. The van der Waals surface area contributed by atoms with Gasteiger partial charge in [0.2, 0.25) is 11.8 Å². The van der Waals surface area contributed by atoms with E-state index in [1.54, 1.807) is 27.7 Å². The first-order valence-corrected chi connectivity index (χ1v) is 18.1. The number of carboxylic acid groups (broad SMARTS) is 1. The monoisotopic (exact) mass is 791 g/mol. The summed E-state index contributed by atoms with van der Waals surface area (Å²) in [6, 6.07) is 1.39. The van der Waals surface area contributed by atoms with Crippen LogP contribution in [0.2, 0.25) is 0 Å². The lowest BCUT2D eigenvalue weighted by molar-refractivity contribution is -0.274. The number of H-pyrrole nitrogens is 1. The summed E-state index contributed by atoms with van der Waals surface area (Å²) in [6.45, 7) is 13.0. The van der Waals surface area contributed by atoms with Crippen molar-refractivity contribution in [2.45, 2.75) is 130 Å². The van der Waals surface area contributed by atoms with Crippen molar-refractivity contribution in [3.8, 4) is 18.6 Å². The molecule has 0 radical (unpaired) electrons. The molecule has 1 saturated heterocycles. The van der Waals surface area contributed by atoms with Gasteiger partial charge in [-0.25, -0.2) is 14.2 Å². The van der Waals surface area contributed by atoms with E-state index < -0.39 is 71.4 Å². The van der Waals surface area contributed by atoms with E-state index in [9.17, 15) is 45.5 Å². The number of aromatic amines is 1. The lowest BCUT2D eigenvalue weighted by Gasteiger charge is -2.35. The SMILES string of the molecule is C#C.CC(C)C(C)F.CC[C@@H]1CCN(C(=O)[C@@H](NC(=O)O)C(C)(C)C)[C@@H]1C(N)=O.O=c1[nH]c2cc(OC(F)(F)F)ccc2nc1C(F)(F)CCCCC1CC1. The number of hydrogen-bond acceptors (Lipinski definition) is 6. The van der Waals surface area contributed by atoms with Gasteiger partial charge < -0.3 is 30.8 Å². The number of fused-ring (bicyclic) bond motifs is 1. The molecule has 2 aliphatic rings. The predicted molar refractivity (Wildman–Crippen MR) is 197 cm³/mol. The van der Waals surface area contributed by atoms with E-state index in [4.69, 9.17) is 10.8 Å². The third-order valence-corrected chi connectivity index (χ3v) is 9.22. The molecule has 11 nitrogen and oxygen atoms in total. The Balaban J connectivity index is 0.000000469. The maximum Gasteiger partial charge on any atom is 0.573 e. The molecular formula is C38H55F6N5O6. The van der Waals surface area contributed by atoms with E-state index in [0.717, 1.165) is 43.9 Å². The molecule has 2 aromatic rings. The number of ether oxygens (including phenoxy) is 1. The van der Waals surface area contributed by atoms with E-state index in [2.05, 4.69) is 32.9 Å². The van der Waals surface area contributed by atoms with E-state index in [0.29, 0.717) is 25.3 Å². The van der Waals surface area contributed by atoms with Gasteiger partial charge in [-0.1, -0.05) is 73.6 Å². The fraction of sp³-hybridized carbons (Fsp3) is 0.658. The Labute approximate surface area is 318 Å². The van der Waals surface area contributed by atoms with Crippen molar-refractivity contribution in [2.24, 2.45) is 28.9 Å². The number of hydrogen-bond donors (Lipinski definition) is 4. The van der Waals surface area contributed by atoms with Crippen molar-refractivity contribution in [3.05, 3.63) is 34.2 Å². The summed E-state index contributed by atoms with van der Waals surface area (Å²) < 4.78 is 80.9. The molecule has 55 heavy (non-hydrogen) atoms.